The van der Waals surface area contributed by atoms with Gasteiger partial charge >= 0.3 is 0 Å². The van der Waals surface area contributed by atoms with Crippen molar-refractivity contribution in [1.29, 1.82) is 0 Å². The van der Waals surface area contributed by atoms with E-state index in [2.05, 4.69) is 153 Å². The average molecular weight is 618 g/mol. The lowest BCUT2D eigenvalue weighted by molar-refractivity contribution is 0.464. The minimum Gasteiger partial charge on any atom is -0.458 e. The van der Waals surface area contributed by atoms with Crippen molar-refractivity contribution in [2.75, 3.05) is 4.90 Å². The van der Waals surface area contributed by atoms with Gasteiger partial charge in [-0.3, -0.25) is 0 Å². The van der Waals surface area contributed by atoms with E-state index in [0.29, 0.717) is 0 Å². The van der Waals surface area contributed by atoms with Crippen LogP contribution in [0.3, 0.4) is 0 Å². The summed E-state index contributed by atoms with van der Waals surface area (Å²) in [7, 11) is 0. The molecule has 0 fully saturated rings. The molecule has 4 heteroatoms. The van der Waals surface area contributed by atoms with Gasteiger partial charge in [-0.05, 0) is 124 Å². The van der Waals surface area contributed by atoms with Gasteiger partial charge in [-0.25, -0.2) is 0 Å². The van der Waals surface area contributed by atoms with Gasteiger partial charge in [-0.1, -0.05) is 86.1 Å². The van der Waals surface area contributed by atoms with Crippen molar-refractivity contribution in [3.8, 4) is 34.1 Å². The van der Waals surface area contributed by atoms with Crippen LogP contribution in [-0.2, 0) is 5.41 Å². The lowest BCUT2D eigenvalue weighted by Gasteiger charge is -2.33. The standard InChI is InChI=1S/C44H32BNO2/c1-27-16-19-31(20-17-27)46(30-10-5-4-6-11-30)32-21-18-28-23-33-34-25-42-38(26-36(34)44(2,3)35(33)24-29(28)22-32)45-37-12-7-8-13-39(37)47-40-14-9-15-41(48-42)43(40)45/h4-26H,1-3H3. The molecule has 1 aliphatic carbocycles. The van der Waals surface area contributed by atoms with Gasteiger partial charge < -0.3 is 14.4 Å². The lowest BCUT2D eigenvalue weighted by atomic mass is 9.34. The molecule has 0 N–H and O–H groups in total. The quantitative estimate of drug-likeness (QED) is 0.184. The maximum Gasteiger partial charge on any atom is 0.260 e. The van der Waals surface area contributed by atoms with Crippen molar-refractivity contribution >= 4 is 50.9 Å². The molecule has 10 rings (SSSR count). The number of hydrogen-bond donors (Lipinski definition) is 0. The van der Waals surface area contributed by atoms with E-state index in [1.807, 2.05) is 12.1 Å². The Labute approximate surface area is 281 Å². The second-order valence-corrected chi connectivity index (χ2v) is 13.8. The second-order valence-electron chi connectivity index (χ2n) is 13.8. The van der Waals surface area contributed by atoms with Gasteiger partial charge in [0.05, 0.1) is 0 Å². The normalized spacial score (nSPS) is 14.2. The van der Waals surface area contributed by atoms with Crippen LogP contribution in [0.25, 0.3) is 21.9 Å². The fourth-order valence-corrected chi connectivity index (χ4v) is 8.19. The van der Waals surface area contributed by atoms with Crippen LogP contribution in [-0.4, -0.2) is 6.71 Å². The summed E-state index contributed by atoms with van der Waals surface area (Å²) < 4.78 is 13.1. The molecule has 0 aromatic heterocycles. The summed E-state index contributed by atoms with van der Waals surface area (Å²) in [4.78, 5) is 2.34. The van der Waals surface area contributed by atoms with E-state index in [1.54, 1.807) is 0 Å². The summed E-state index contributed by atoms with van der Waals surface area (Å²) in [5, 5.41) is 2.46. The fourth-order valence-electron chi connectivity index (χ4n) is 8.19. The smallest absolute Gasteiger partial charge is 0.260 e. The number of benzene rings is 7. The van der Waals surface area contributed by atoms with Gasteiger partial charge in [0.25, 0.3) is 6.71 Å². The maximum absolute atomic E-state index is 6.68. The van der Waals surface area contributed by atoms with Crippen LogP contribution in [0, 0.1) is 6.92 Å². The molecule has 3 nitrogen and oxygen atoms in total. The number of para-hydroxylation sites is 2. The van der Waals surface area contributed by atoms with E-state index in [0.717, 1.165) is 45.5 Å². The van der Waals surface area contributed by atoms with Crippen molar-refractivity contribution in [2.45, 2.75) is 26.2 Å². The third-order valence-electron chi connectivity index (χ3n) is 10.6. The van der Waals surface area contributed by atoms with E-state index in [4.69, 9.17) is 9.47 Å². The molecule has 0 unspecified atom stereocenters. The summed E-state index contributed by atoms with van der Waals surface area (Å²) in [5.41, 5.74) is 13.2. The molecule has 0 bridgehead atoms. The number of fused-ring (bicyclic) bond motifs is 8. The largest absolute Gasteiger partial charge is 0.458 e. The van der Waals surface area contributed by atoms with Crippen molar-refractivity contribution in [2.24, 2.45) is 0 Å². The Morgan fingerprint density at radius 3 is 1.96 bits per heavy atom. The first kappa shape index (κ1) is 27.4. The summed E-state index contributed by atoms with van der Waals surface area (Å²) in [6.45, 7) is 6.92. The molecule has 0 amide bonds. The summed E-state index contributed by atoms with van der Waals surface area (Å²) in [6.07, 6.45) is 0. The Bertz CT molecular complexity index is 2450. The van der Waals surface area contributed by atoms with Gasteiger partial charge in [0.1, 0.15) is 23.0 Å². The summed E-state index contributed by atoms with van der Waals surface area (Å²) in [6, 6.07) is 50.3. The first-order valence-corrected chi connectivity index (χ1v) is 16.7. The van der Waals surface area contributed by atoms with Crippen molar-refractivity contribution in [1.82, 2.24) is 0 Å². The molecule has 7 aromatic rings. The summed E-state index contributed by atoms with van der Waals surface area (Å²) >= 11 is 0. The molecular formula is C44H32BNO2. The zero-order chi connectivity index (χ0) is 32.1. The van der Waals surface area contributed by atoms with Crippen LogP contribution in [0.2, 0.25) is 0 Å². The highest BCUT2D eigenvalue weighted by Crippen LogP contribution is 2.52. The predicted octanol–water partition coefficient (Wildman–Crippen LogP) is 9.65. The Hall–Kier alpha value is -5.74. The van der Waals surface area contributed by atoms with Crippen LogP contribution >= 0.6 is 0 Å². The molecule has 0 saturated carbocycles. The number of nitrogens with zero attached hydrogens (tertiary/aromatic N) is 1. The molecule has 0 atom stereocenters. The molecular weight excluding hydrogens is 585 g/mol. The molecule has 2 heterocycles. The Morgan fingerprint density at radius 2 is 1.15 bits per heavy atom. The Morgan fingerprint density at radius 1 is 0.500 bits per heavy atom. The highest BCUT2D eigenvalue weighted by molar-refractivity contribution is 6.98. The minimum absolute atomic E-state index is 0.0575. The van der Waals surface area contributed by atoms with Crippen molar-refractivity contribution in [3.05, 3.63) is 156 Å². The molecule has 7 aromatic carbocycles. The van der Waals surface area contributed by atoms with Gasteiger partial charge in [0, 0.05) is 27.9 Å². The highest BCUT2D eigenvalue weighted by atomic mass is 16.5. The van der Waals surface area contributed by atoms with Crippen LogP contribution < -0.4 is 30.8 Å². The topological polar surface area (TPSA) is 21.7 Å². The second kappa shape index (κ2) is 9.89. The lowest BCUT2D eigenvalue weighted by Crippen LogP contribution is -2.57. The monoisotopic (exact) mass is 617 g/mol. The van der Waals surface area contributed by atoms with Crippen molar-refractivity contribution in [3.63, 3.8) is 0 Å². The van der Waals surface area contributed by atoms with Gasteiger partial charge in [0.15, 0.2) is 0 Å². The third-order valence-corrected chi connectivity index (χ3v) is 10.6. The number of aryl methyl sites for hydroxylation is 1. The number of ether oxygens (including phenoxy) is 2. The van der Waals surface area contributed by atoms with E-state index in [1.165, 1.54) is 49.5 Å². The van der Waals surface area contributed by atoms with Crippen molar-refractivity contribution < 1.29 is 9.47 Å². The number of hydrogen-bond acceptors (Lipinski definition) is 3. The van der Waals surface area contributed by atoms with Gasteiger partial charge in [-0.2, -0.15) is 0 Å². The van der Waals surface area contributed by atoms with E-state index in [-0.39, 0.29) is 12.1 Å². The molecule has 48 heavy (non-hydrogen) atoms. The fraction of sp³-hybridized carbons (Fsp3) is 0.0909. The minimum atomic E-state index is -0.190. The van der Waals surface area contributed by atoms with Crippen LogP contribution in [0.5, 0.6) is 23.0 Å². The number of anilines is 3. The van der Waals surface area contributed by atoms with Crippen LogP contribution in [0.15, 0.2) is 140 Å². The first-order chi connectivity index (χ1) is 23.4. The molecule has 228 valence electrons. The van der Waals surface area contributed by atoms with E-state index in [9.17, 15) is 0 Å². The van der Waals surface area contributed by atoms with Crippen LogP contribution in [0.1, 0.15) is 30.5 Å². The summed E-state index contributed by atoms with van der Waals surface area (Å²) in [5.74, 6) is 3.60. The molecule has 0 saturated heterocycles. The van der Waals surface area contributed by atoms with Gasteiger partial charge in [0.2, 0.25) is 0 Å². The highest BCUT2D eigenvalue weighted by Gasteiger charge is 2.43. The SMILES string of the molecule is Cc1ccc(N(c2ccccc2)c2ccc3cc4c(cc3c2)C(C)(C)c2cc3c(cc2-4)Oc2cccc4c2B3c2ccccc2O4)cc1. The van der Waals surface area contributed by atoms with Gasteiger partial charge in [-0.15, -0.1) is 0 Å². The average Bonchev–Trinajstić information content (AvgIpc) is 3.32. The molecule has 0 spiro atoms. The van der Waals surface area contributed by atoms with E-state index >= 15 is 0 Å². The van der Waals surface area contributed by atoms with E-state index < -0.39 is 0 Å². The third kappa shape index (κ3) is 3.89. The maximum atomic E-state index is 6.68. The predicted molar refractivity (Wildman–Crippen MR) is 199 cm³/mol. The Kier molecular flexibility index (Phi) is 5.64. The zero-order valence-electron chi connectivity index (χ0n) is 27.1. The van der Waals surface area contributed by atoms with Crippen LogP contribution in [0.4, 0.5) is 17.1 Å². The molecule has 3 aliphatic rings. The number of rotatable bonds is 3. The first-order valence-electron chi connectivity index (χ1n) is 16.7. The molecule has 0 radical (unpaired) electrons. The Balaban J connectivity index is 1.12. The molecule has 2 aliphatic heterocycles. The zero-order valence-corrected chi connectivity index (χ0v) is 27.1.